The van der Waals surface area contributed by atoms with Crippen LogP contribution in [0.3, 0.4) is 0 Å². The molecular weight excluding hydrogens is 166 g/mol. The molecule has 1 atom stereocenters. The summed E-state index contributed by atoms with van der Waals surface area (Å²) in [4.78, 5) is 13.3. The van der Waals surface area contributed by atoms with Gasteiger partial charge in [-0.05, 0) is 19.3 Å². The first-order valence-electron chi connectivity index (χ1n) is 5.20. The summed E-state index contributed by atoms with van der Waals surface area (Å²) < 4.78 is 0. The lowest BCUT2D eigenvalue weighted by atomic mass is 10.2. The van der Waals surface area contributed by atoms with Crippen LogP contribution in [0.4, 0.5) is 0 Å². The molecule has 1 N–H and O–H groups in total. The Labute approximate surface area is 79.7 Å². The molecule has 0 aromatic carbocycles. The number of carbonyl (C=O) groups excluding carboxylic acids is 1. The van der Waals surface area contributed by atoms with Crippen molar-refractivity contribution in [1.29, 1.82) is 0 Å². The third-order valence-electron chi connectivity index (χ3n) is 2.57. The summed E-state index contributed by atoms with van der Waals surface area (Å²) in [6.45, 7) is 3.29. The first-order chi connectivity index (χ1) is 6.24. The summed E-state index contributed by atoms with van der Waals surface area (Å²) >= 11 is 0. The fourth-order valence-electron chi connectivity index (χ4n) is 1.62. The van der Waals surface area contributed by atoms with Crippen LogP contribution in [0.25, 0.3) is 0 Å². The summed E-state index contributed by atoms with van der Waals surface area (Å²) in [7, 11) is 0. The topological polar surface area (TPSA) is 40.5 Å². The minimum Gasteiger partial charge on any atom is -0.391 e. The van der Waals surface area contributed by atoms with Crippen molar-refractivity contribution < 1.29 is 9.90 Å². The third kappa shape index (κ3) is 3.35. The van der Waals surface area contributed by atoms with Crippen molar-refractivity contribution >= 4 is 5.91 Å². The SMILES string of the molecule is CCC(O)CN1CCCCCC1=O. The highest BCUT2D eigenvalue weighted by Gasteiger charge is 2.18. The number of nitrogens with zero attached hydrogens (tertiary/aromatic N) is 1. The lowest BCUT2D eigenvalue weighted by molar-refractivity contribution is -0.132. The monoisotopic (exact) mass is 185 g/mol. The molecule has 1 aliphatic rings. The van der Waals surface area contributed by atoms with Crippen LogP contribution in [0.15, 0.2) is 0 Å². The maximum absolute atomic E-state index is 11.5. The predicted octanol–water partition coefficient (Wildman–Crippen LogP) is 1.16. The number of amides is 1. The maximum atomic E-state index is 11.5. The lowest BCUT2D eigenvalue weighted by Gasteiger charge is -2.22. The van der Waals surface area contributed by atoms with Crippen LogP contribution in [0.1, 0.15) is 39.0 Å². The van der Waals surface area contributed by atoms with Gasteiger partial charge >= 0.3 is 0 Å². The van der Waals surface area contributed by atoms with Crippen LogP contribution in [0.5, 0.6) is 0 Å². The molecule has 1 unspecified atom stereocenters. The summed E-state index contributed by atoms with van der Waals surface area (Å²) in [5.74, 6) is 0.213. The summed E-state index contributed by atoms with van der Waals surface area (Å²) in [6, 6.07) is 0. The minimum atomic E-state index is -0.345. The van der Waals surface area contributed by atoms with E-state index >= 15 is 0 Å². The van der Waals surface area contributed by atoms with Gasteiger partial charge < -0.3 is 10.0 Å². The van der Waals surface area contributed by atoms with Gasteiger partial charge in [-0.1, -0.05) is 13.3 Å². The second kappa shape index (κ2) is 5.22. The highest BCUT2D eigenvalue weighted by Crippen LogP contribution is 2.11. The van der Waals surface area contributed by atoms with E-state index in [-0.39, 0.29) is 12.0 Å². The maximum Gasteiger partial charge on any atom is 0.222 e. The summed E-state index contributed by atoms with van der Waals surface area (Å²) in [5, 5.41) is 9.43. The van der Waals surface area contributed by atoms with Crippen LogP contribution >= 0.6 is 0 Å². The molecule has 0 aliphatic carbocycles. The normalized spacial score (nSPS) is 21.4. The van der Waals surface area contributed by atoms with Crippen LogP contribution < -0.4 is 0 Å². The molecule has 1 amide bonds. The molecule has 0 spiro atoms. The van der Waals surface area contributed by atoms with E-state index < -0.39 is 0 Å². The zero-order valence-corrected chi connectivity index (χ0v) is 8.33. The molecule has 3 nitrogen and oxygen atoms in total. The van der Waals surface area contributed by atoms with Crippen LogP contribution in [-0.2, 0) is 4.79 Å². The smallest absolute Gasteiger partial charge is 0.222 e. The lowest BCUT2D eigenvalue weighted by Crippen LogP contribution is -2.36. The first kappa shape index (κ1) is 10.5. The number of carbonyl (C=O) groups is 1. The van der Waals surface area contributed by atoms with Crippen molar-refractivity contribution in [2.24, 2.45) is 0 Å². The van der Waals surface area contributed by atoms with Gasteiger partial charge in [0.2, 0.25) is 5.91 Å². The Hall–Kier alpha value is -0.570. The van der Waals surface area contributed by atoms with Gasteiger partial charge in [-0.3, -0.25) is 4.79 Å². The van der Waals surface area contributed by atoms with Gasteiger partial charge in [0.05, 0.1) is 6.10 Å². The number of aliphatic hydroxyl groups excluding tert-OH is 1. The second-order valence-electron chi connectivity index (χ2n) is 3.71. The number of rotatable bonds is 3. The molecule has 0 bridgehead atoms. The van der Waals surface area contributed by atoms with Gasteiger partial charge in [-0.25, -0.2) is 0 Å². The van der Waals surface area contributed by atoms with E-state index in [1.807, 2.05) is 6.92 Å². The molecule has 0 saturated carbocycles. The molecule has 1 fully saturated rings. The number of aliphatic hydroxyl groups is 1. The van der Waals surface area contributed by atoms with Crippen LogP contribution in [0.2, 0.25) is 0 Å². The quantitative estimate of drug-likeness (QED) is 0.716. The molecule has 13 heavy (non-hydrogen) atoms. The molecule has 76 valence electrons. The summed E-state index contributed by atoms with van der Waals surface area (Å²) in [5.41, 5.74) is 0. The molecular formula is C10H19NO2. The Bertz CT molecular complexity index is 170. The first-order valence-corrected chi connectivity index (χ1v) is 5.20. The molecule has 1 rings (SSSR count). The predicted molar refractivity (Wildman–Crippen MR) is 51.3 cm³/mol. The number of hydrogen-bond acceptors (Lipinski definition) is 2. The second-order valence-corrected chi connectivity index (χ2v) is 3.71. The number of β-amino-alcohol motifs (C(OH)–C–C–N with tert-alkyl or cyclic N) is 1. The van der Waals surface area contributed by atoms with Crippen LogP contribution in [0, 0.1) is 0 Å². The van der Waals surface area contributed by atoms with Gasteiger partial charge in [0.15, 0.2) is 0 Å². The Balaban J connectivity index is 2.40. The van der Waals surface area contributed by atoms with Crippen molar-refractivity contribution in [1.82, 2.24) is 4.90 Å². The van der Waals surface area contributed by atoms with Crippen molar-refractivity contribution in [2.45, 2.75) is 45.1 Å². The molecule has 1 saturated heterocycles. The van der Waals surface area contributed by atoms with E-state index in [1.165, 1.54) is 0 Å². The molecule has 0 aromatic rings. The molecule has 3 heteroatoms. The minimum absolute atomic E-state index is 0.213. The summed E-state index contributed by atoms with van der Waals surface area (Å²) in [6.07, 6.45) is 4.28. The standard InChI is InChI=1S/C10H19NO2/c1-2-9(12)8-11-7-5-3-4-6-10(11)13/h9,12H,2-8H2,1H3. The fraction of sp³-hybridized carbons (Fsp3) is 0.900. The fourth-order valence-corrected chi connectivity index (χ4v) is 1.62. The Morgan fingerprint density at radius 2 is 2.23 bits per heavy atom. The third-order valence-corrected chi connectivity index (χ3v) is 2.57. The molecule has 0 aromatic heterocycles. The average Bonchev–Trinajstić information content (AvgIpc) is 2.32. The van der Waals surface area contributed by atoms with Gasteiger partial charge in [0, 0.05) is 19.5 Å². The number of likely N-dealkylation sites (tertiary alicyclic amines) is 1. The van der Waals surface area contributed by atoms with E-state index in [9.17, 15) is 9.90 Å². The zero-order chi connectivity index (χ0) is 9.68. The van der Waals surface area contributed by atoms with Gasteiger partial charge in [0.1, 0.15) is 0 Å². The largest absolute Gasteiger partial charge is 0.391 e. The van der Waals surface area contributed by atoms with E-state index in [2.05, 4.69) is 0 Å². The zero-order valence-electron chi connectivity index (χ0n) is 8.33. The van der Waals surface area contributed by atoms with E-state index in [0.29, 0.717) is 13.0 Å². The van der Waals surface area contributed by atoms with Crippen molar-refractivity contribution in [3.05, 3.63) is 0 Å². The highest BCUT2D eigenvalue weighted by molar-refractivity contribution is 5.76. The van der Waals surface area contributed by atoms with Gasteiger partial charge in [-0.15, -0.1) is 0 Å². The van der Waals surface area contributed by atoms with Gasteiger partial charge in [0.25, 0.3) is 0 Å². The Kier molecular flexibility index (Phi) is 4.22. The van der Waals surface area contributed by atoms with E-state index in [0.717, 1.165) is 32.2 Å². The highest BCUT2D eigenvalue weighted by atomic mass is 16.3. The van der Waals surface area contributed by atoms with Crippen molar-refractivity contribution in [3.63, 3.8) is 0 Å². The van der Waals surface area contributed by atoms with E-state index in [4.69, 9.17) is 0 Å². The molecule has 1 aliphatic heterocycles. The molecule has 1 heterocycles. The molecule has 0 radical (unpaired) electrons. The Morgan fingerprint density at radius 3 is 2.92 bits per heavy atom. The van der Waals surface area contributed by atoms with Crippen LogP contribution in [-0.4, -0.2) is 35.1 Å². The van der Waals surface area contributed by atoms with Gasteiger partial charge in [-0.2, -0.15) is 0 Å². The van der Waals surface area contributed by atoms with Crippen molar-refractivity contribution in [2.75, 3.05) is 13.1 Å². The Morgan fingerprint density at radius 1 is 1.46 bits per heavy atom. The number of hydrogen-bond donors (Lipinski definition) is 1. The average molecular weight is 185 g/mol. The van der Waals surface area contributed by atoms with E-state index in [1.54, 1.807) is 4.90 Å². The van der Waals surface area contributed by atoms with Crippen molar-refractivity contribution in [3.8, 4) is 0 Å².